The van der Waals surface area contributed by atoms with Crippen molar-refractivity contribution in [3.05, 3.63) is 12.2 Å². The van der Waals surface area contributed by atoms with Gasteiger partial charge in [0.25, 0.3) is 0 Å². The van der Waals surface area contributed by atoms with Crippen molar-refractivity contribution < 1.29 is 34.4 Å². The van der Waals surface area contributed by atoms with Gasteiger partial charge in [-0.1, -0.05) is 6.58 Å². The molecule has 5 atom stereocenters. The van der Waals surface area contributed by atoms with E-state index in [0.29, 0.717) is 12.0 Å². The molecule has 0 spiro atoms. The van der Waals surface area contributed by atoms with Crippen LogP contribution in [0, 0.1) is 0 Å². The predicted molar refractivity (Wildman–Crippen MR) is 74.5 cm³/mol. The highest BCUT2D eigenvalue weighted by Crippen LogP contribution is 2.21. The molecule has 9 heteroatoms. The van der Waals surface area contributed by atoms with Crippen LogP contribution < -0.4 is 10.6 Å². The van der Waals surface area contributed by atoms with E-state index in [-0.39, 0.29) is 19.1 Å². The molecule has 0 radical (unpaired) electrons. The Morgan fingerprint density at radius 3 is 2.64 bits per heavy atom. The van der Waals surface area contributed by atoms with Crippen LogP contribution in [0.5, 0.6) is 0 Å². The molecule has 1 aliphatic heterocycles. The Bertz CT molecular complexity index is 404. The van der Waals surface area contributed by atoms with E-state index in [2.05, 4.69) is 17.2 Å². The highest BCUT2D eigenvalue weighted by Gasteiger charge is 2.44. The van der Waals surface area contributed by atoms with Crippen LogP contribution in [0.3, 0.4) is 0 Å². The molecule has 0 aromatic carbocycles. The summed E-state index contributed by atoms with van der Waals surface area (Å²) in [5.41, 5.74) is 0.355. The SMILES string of the molecule is C=C(C)C(=O)NCCO[C@@H]1OC(CO)[C@H](O)C(O)C1NC=O. The molecule has 0 bridgehead atoms. The number of carbonyl (C=O) groups excluding carboxylic acids is 2. The second kappa shape index (κ2) is 8.81. The Kier molecular flexibility index (Phi) is 7.42. The molecular formula is C13H22N2O7. The van der Waals surface area contributed by atoms with E-state index in [1.54, 1.807) is 6.92 Å². The average Bonchev–Trinajstić information content (AvgIpc) is 2.49. The zero-order valence-electron chi connectivity index (χ0n) is 12.3. The highest BCUT2D eigenvalue weighted by molar-refractivity contribution is 5.92. The monoisotopic (exact) mass is 318 g/mol. The quantitative estimate of drug-likeness (QED) is 0.186. The second-order valence-corrected chi connectivity index (χ2v) is 4.92. The number of aliphatic hydroxyl groups excluding tert-OH is 3. The Balaban J connectivity index is 2.54. The summed E-state index contributed by atoms with van der Waals surface area (Å²) in [5, 5.41) is 33.6. The first-order valence-electron chi connectivity index (χ1n) is 6.79. The fraction of sp³-hybridized carbons (Fsp3) is 0.692. The number of amides is 2. The lowest BCUT2D eigenvalue weighted by molar-refractivity contribution is -0.269. The zero-order chi connectivity index (χ0) is 16.7. The van der Waals surface area contributed by atoms with Crippen molar-refractivity contribution in [1.29, 1.82) is 0 Å². The van der Waals surface area contributed by atoms with Crippen molar-refractivity contribution in [3.63, 3.8) is 0 Å². The number of aliphatic hydroxyl groups is 3. The first-order valence-corrected chi connectivity index (χ1v) is 6.79. The molecule has 0 aromatic heterocycles. The predicted octanol–water partition coefficient (Wildman–Crippen LogP) is -2.75. The summed E-state index contributed by atoms with van der Waals surface area (Å²) < 4.78 is 10.7. The number of ether oxygens (including phenoxy) is 2. The number of hydrogen-bond donors (Lipinski definition) is 5. The highest BCUT2D eigenvalue weighted by atomic mass is 16.7. The molecule has 5 N–H and O–H groups in total. The summed E-state index contributed by atoms with van der Waals surface area (Å²) in [6.07, 6.45) is -4.46. The van der Waals surface area contributed by atoms with E-state index in [9.17, 15) is 19.8 Å². The molecule has 1 saturated heterocycles. The van der Waals surface area contributed by atoms with Crippen LogP contribution in [0.1, 0.15) is 6.92 Å². The minimum atomic E-state index is -1.36. The number of nitrogens with one attached hydrogen (secondary N) is 2. The van der Waals surface area contributed by atoms with E-state index < -0.39 is 37.3 Å². The number of carbonyl (C=O) groups is 2. The van der Waals surface area contributed by atoms with Crippen molar-refractivity contribution in [2.24, 2.45) is 0 Å². The fourth-order valence-electron chi connectivity index (χ4n) is 1.97. The van der Waals surface area contributed by atoms with Gasteiger partial charge in [0.15, 0.2) is 6.29 Å². The van der Waals surface area contributed by atoms with E-state index in [1.165, 1.54) is 0 Å². The Morgan fingerprint density at radius 1 is 1.41 bits per heavy atom. The molecule has 1 fully saturated rings. The molecule has 9 nitrogen and oxygen atoms in total. The first kappa shape index (κ1) is 18.5. The van der Waals surface area contributed by atoms with Crippen molar-refractivity contribution in [2.45, 2.75) is 37.6 Å². The first-order chi connectivity index (χ1) is 10.4. The lowest BCUT2D eigenvalue weighted by Gasteiger charge is -2.41. The van der Waals surface area contributed by atoms with Crippen LogP contribution in [-0.4, -0.2) is 78.0 Å². The number of rotatable bonds is 8. The van der Waals surface area contributed by atoms with Gasteiger partial charge in [0.2, 0.25) is 12.3 Å². The third-order valence-electron chi connectivity index (χ3n) is 3.20. The van der Waals surface area contributed by atoms with Gasteiger partial charge in [0.05, 0.1) is 13.2 Å². The molecule has 0 aromatic rings. The maximum Gasteiger partial charge on any atom is 0.246 e. The molecule has 1 aliphatic rings. The van der Waals surface area contributed by atoms with E-state index in [0.717, 1.165) is 0 Å². The Hall–Kier alpha value is -1.52. The molecule has 126 valence electrons. The summed E-state index contributed by atoms with van der Waals surface area (Å²) in [6.45, 7) is 4.74. The maximum absolute atomic E-state index is 11.3. The third-order valence-corrected chi connectivity index (χ3v) is 3.20. The molecule has 0 aliphatic carbocycles. The van der Waals surface area contributed by atoms with Crippen LogP contribution in [-0.2, 0) is 19.1 Å². The van der Waals surface area contributed by atoms with E-state index in [1.807, 2.05) is 0 Å². The molecular weight excluding hydrogens is 296 g/mol. The van der Waals surface area contributed by atoms with Gasteiger partial charge in [-0.3, -0.25) is 9.59 Å². The Labute approximate surface area is 127 Å². The fourth-order valence-corrected chi connectivity index (χ4v) is 1.97. The van der Waals surface area contributed by atoms with Gasteiger partial charge in [-0.25, -0.2) is 0 Å². The summed E-state index contributed by atoms with van der Waals surface area (Å²) in [7, 11) is 0. The molecule has 22 heavy (non-hydrogen) atoms. The minimum Gasteiger partial charge on any atom is -0.394 e. The van der Waals surface area contributed by atoms with E-state index in [4.69, 9.17) is 14.6 Å². The topological polar surface area (TPSA) is 137 Å². The van der Waals surface area contributed by atoms with Gasteiger partial charge in [0, 0.05) is 12.1 Å². The van der Waals surface area contributed by atoms with Crippen molar-refractivity contribution in [1.82, 2.24) is 10.6 Å². The van der Waals surface area contributed by atoms with Crippen LogP contribution >= 0.6 is 0 Å². The Morgan fingerprint density at radius 2 is 2.09 bits per heavy atom. The molecule has 2 amide bonds. The maximum atomic E-state index is 11.3. The van der Waals surface area contributed by atoms with Gasteiger partial charge in [-0.2, -0.15) is 0 Å². The van der Waals surface area contributed by atoms with Crippen LogP contribution in [0.2, 0.25) is 0 Å². The van der Waals surface area contributed by atoms with Gasteiger partial charge >= 0.3 is 0 Å². The van der Waals surface area contributed by atoms with Crippen LogP contribution in [0.4, 0.5) is 0 Å². The summed E-state index contributed by atoms with van der Waals surface area (Å²) in [4.78, 5) is 21.9. The molecule has 3 unspecified atom stereocenters. The zero-order valence-corrected chi connectivity index (χ0v) is 12.3. The second-order valence-electron chi connectivity index (χ2n) is 4.92. The van der Waals surface area contributed by atoms with Crippen molar-refractivity contribution in [2.75, 3.05) is 19.8 Å². The standard InChI is InChI=1S/C13H22N2O7/c1-7(2)12(20)14-3-4-21-13-9(15-6-17)11(19)10(18)8(5-16)22-13/h6,8-11,13,16,18-19H,1,3-5H2,2H3,(H,14,20)(H,15,17)/t8?,9?,10-,11?,13+/m0/s1. The average molecular weight is 318 g/mol. The normalized spacial score (nSPS) is 31.4. The van der Waals surface area contributed by atoms with Gasteiger partial charge in [-0.05, 0) is 6.92 Å². The minimum absolute atomic E-state index is 0.0433. The smallest absolute Gasteiger partial charge is 0.246 e. The van der Waals surface area contributed by atoms with Gasteiger partial charge in [-0.15, -0.1) is 0 Å². The van der Waals surface area contributed by atoms with Gasteiger partial charge < -0.3 is 35.4 Å². The summed E-state index contributed by atoms with van der Waals surface area (Å²) >= 11 is 0. The molecule has 0 saturated carbocycles. The van der Waals surface area contributed by atoms with Crippen LogP contribution in [0.15, 0.2) is 12.2 Å². The molecule has 1 rings (SSSR count). The van der Waals surface area contributed by atoms with Crippen molar-refractivity contribution >= 4 is 12.3 Å². The lowest BCUT2D eigenvalue weighted by Crippen LogP contribution is -2.63. The van der Waals surface area contributed by atoms with Gasteiger partial charge in [0.1, 0.15) is 24.4 Å². The summed E-state index contributed by atoms with van der Waals surface area (Å²) in [6, 6.07) is -0.993. The summed E-state index contributed by atoms with van der Waals surface area (Å²) in [5.74, 6) is -0.320. The molecule has 1 heterocycles. The van der Waals surface area contributed by atoms with E-state index >= 15 is 0 Å². The lowest BCUT2D eigenvalue weighted by atomic mass is 9.97. The van der Waals surface area contributed by atoms with Crippen molar-refractivity contribution in [3.8, 4) is 0 Å². The van der Waals surface area contributed by atoms with Crippen LogP contribution in [0.25, 0.3) is 0 Å². The third kappa shape index (κ3) is 4.75. The number of hydrogen-bond acceptors (Lipinski definition) is 7. The largest absolute Gasteiger partial charge is 0.394 e.